The van der Waals surface area contributed by atoms with Crippen LogP contribution in [-0.4, -0.2) is 33.8 Å². The van der Waals surface area contributed by atoms with Crippen LogP contribution < -0.4 is 10.3 Å². The summed E-state index contributed by atoms with van der Waals surface area (Å²) in [5, 5.41) is 13.9. The van der Waals surface area contributed by atoms with E-state index < -0.39 is 17.0 Å². The van der Waals surface area contributed by atoms with Crippen molar-refractivity contribution in [3.8, 4) is 11.4 Å². The van der Waals surface area contributed by atoms with E-state index in [1.807, 2.05) is 24.3 Å². The first-order valence-corrected chi connectivity index (χ1v) is 7.26. The number of benzene rings is 1. The maximum Gasteiger partial charge on any atom is 0.252 e. The van der Waals surface area contributed by atoms with Crippen molar-refractivity contribution < 1.29 is 9.90 Å². The summed E-state index contributed by atoms with van der Waals surface area (Å²) in [6.45, 7) is 3.19. The van der Waals surface area contributed by atoms with Crippen molar-refractivity contribution in [1.82, 2.24) is 9.78 Å². The molecule has 3 rings (SSSR count). The summed E-state index contributed by atoms with van der Waals surface area (Å²) in [5.41, 5.74) is 0.728. The van der Waals surface area contributed by atoms with Crippen LogP contribution in [0.2, 0.25) is 0 Å². The molecule has 22 heavy (non-hydrogen) atoms. The summed E-state index contributed by atoms with van der Waals surface area (Å²) in [7, 11) is 0. The van der Waals surface area contributed by atoms with E-state index in [0.717, 1.165) is 37.3 Å². The van der Waals surface area contributed by atoms with Crippen molar-refractivity contribution in [2.75, 3.05) is 18.0 Å². The number of nitrogens with zero attached hydrogens (tertiary/aromatic N) is 3. The number of carbonyl (C=O) groups excluding carboxylic acids is 1. The molecule has 2 heterocycles. The predicted octanol–water partition coefficient (Wildman–Crippen LogP) is 1.74. The third-order valence-corrected chi connectivity index (χ3v) is 3.81. The van der Waals surface area contributed by atoms with E-state index in [1.54, 1.807) is 0 Å². The van der Waals surface area contributed by atoms with E-state index in [0.29, 0.717) is 0 Å². The number of ketones is 1. The lowest BCUT2D eigenvalue weighted by atomic mass is 10.2. The zero-order chi connectivity index (χ0) is 15.7. The minimum absolute atomic E-state index is 0.253. The molecule has 1 N–H and O–H groups in total. The molecule has 0 amide bonds. The smallest absolute Gasteiger partial charge is 0.252 e. The molecule has 1 aliphatic rings. The van der Waals surface area contributed by atoms with Gasteiger partial charge in [-0.1, -0.05) is 12.1 Å². The standard InChI is InChI=1S/C16H17N3O3/c1-11(20)15-16(22)14(21)10-19(17-15)13-7-3-2-6-12(13)18-8-4-5-9-18/h2-3,6-7,10,21H,4-5,8-9H2,1H3. The van der Waals surface area contributed by atoms with Crippen molar-refractivity contribution in [2.24, 2.45) is 0 Å². The van der Waals surface area contributed by atoms with Gasteiger partial charge in [-0.05, 0) is 25.0 Å². The highest BCUT2D eigenvalue weighted by Gasteiger charge is 2.19. The molecule has 1 aromatic heterocycles. The van der Waals surface area contributed by atoms with Gasteiger partial charge in [0.1, 0.15) is 0 Å². The first kappa shape index (κ1) is 14.3. The fourth-order valence-corrected chi connectivity index (χ4v) is 2.71. The molecule has 1 aliphatic heterocycles. The Kier molecular flexibility index (Phi) is 3.66. The summed E-state index contributed by atoms with van der Waals surface area (Å²) in [6, 6.07) is 7.63. The molecular formula is C16H17N3O3. The van der Waals surface area contributed by atoms with Crippen LogP contribution in [0.3, 0.4) is 0 Å². The maximum atomic E-state index is 11.8. The number of aromatic nitrogens is 2. The average Bonchev–Trinajstić information content (AvgIpc) is 3.04. The number of hydrogen-bond acceptors (Lipinski definition) is 5. The molecule has 0 spiro atoms. The van der Waals surface area contributed by atoms with Crippen LogP contribution in [0.25, 0.3) is 5.69 Å². The van der Waals surface area contributed by atoms with Gasteiger partial charge >= 0.3 is 0 Å². The quantitative estimate of drug-likeness (QED) is 0.874. The molecule has 1 fully saturated rings. The maximum absolute atomic E-state index is 11.8. The summed E-state index contributed by atoms with van der Waals surface area (Å²) >= 11 is 0. The van der Waals surface area contributed by atoms with Gasteiger partial charge in [0.05, 0.1) is 17.6 Å². The number of Topliss-reactive ketones (excluding diaryl/α,β-unsaturated/α-hetero) is 1. The zero-order valence-electron chi connectivity index (χ0n) is 12.3. The van der Waals surface area contributed by atoms with E-state index in [1.165, 1.54) is 17.8 Å². The molecule has 1 saturated heterocycles. The summed E-state index contributed by atoms with van der Waals surface area (Å²) in [5.74, 6) is -0.940. The molecule has 1 aromatic carbocycles. The second-order valence-corrected chi connectivity index (χ2v) is 5.38. The van der Waals surface area contributed by atoms with Crippen molar-refractivity contribution in [2.45, 2.75) is 19.8 Å². The van der Waals surface area contributed by atoms with Crippen LogP contribution in [-0.2, 0) is 0 Å². The van der Waals surface area contributed by atoms with Gasteiger partial charge in [-0.3, -0.25) is 9.59 Å². The van der Waals surface area contributed by atoms with E-state index in [9.17, 15) is 14.7 Å². The Hall–Kier alpha value is -2.63. The Morgan fingerprint density at radius 2 is 1.82 bits per heavy atom. The lowest BCUT2D eigenvalue weighted by Crippen LogP contribution is -2.23. The van der Waals surface area contributed by atoms with Gasteiger partial charge in [0.25, 0.3) is 5.43 Å². The number of carbonyl (C=O) groups is 1. The Morgan fingerprint density at radius 1 is 1.18 bits per heavy atom. The lowest BCUT2D eigenvalue weighted by Gasteiger charge is -2.21. The van der Waals surface area contributed by atoms with Gasteiger partial charge in [-0.25, -0.2) is 4.68 Å². The van der Waals surface area contributed by atoms with Crippen LogP contribution in [0.4, 0.5) is 5.69 Å². The summed E-state index contributed by atoms with van der Waals surface area (Å²) in [4.78, 5) is 25.6. The van der Waals surface area contributed by atoms with Gasteiger partial charge in [0, 0.05) is 20.0 Å². The monoisotopic (exact) mass is 299 g/mol. The van der Waals surface area contributed by atoms with Gasteiger partial charge in [-0.2, -0.15) is 5.10 Å². The Labute approximate surface area is 127 Å². The number of anilines is 1. The molecule has 114 valence electrons. The van der Waals surface area contributed by atoms with E-state index >= 15 is 0 Å². The van der Waals surface area contributed by atoms with Crippen LogP contribution in [0.5, 0.6) is 5.75 Å². The summed E-state index contributed by atoms with van der Waals surface area (Å²) in [6.07, 6.45) is 3.52. The first-order valence-electron chi connectivity index (χ1n) is 7.26. The molecule has 0 bridgehead atoms. The van der Waals surface area contributed by atoms with Crippen LogP contribution in [0.1, 0.15) is 30.3 Å². The molecule has 0 atom stereocenters. The lowest BCUT2D eigenvalue weighted by molar-refractivity contribution is 0.100. The molecule has 6 heteroatoms. The topological polar surface area (TPSA) is 75.4 Å². The molecule has 0 unspecified atom stereocenters. The molecular weight excluding hydrogens is 282 g/mol. The van der Waals surface area contributed by atoms with Crippen LogP contribution in [0, 0.1) is 0 Å². The predicted molar refractivity (Wildman–Crippen MR) is 83.0 cm³/mol. The first-order chi connectivity index (χ1) is 10.6. The SMILES string of the molecule is CC(=O)c1nn(-c2ccccc2N2CCCC2)cc(O)c1=O. The third-order valence-electron chi connectivity index (χ3n) is 3.81. The molecule has 0 aliphatic carbocycles. The highest BCUT2D eigenvalue weighted by Crippen LogP contribution is 2.27. The molecule has 0 saturated carbocycles. The molecule has 0 radical (unpaired) electrons. The number of rotatable bonds is 3. The second kappa shape index (κ2) is 5.63. The summed E-state index contributed by atoms with van der Waals surface area (Å²) < 4.78 is 1.40. The number of para-hydroxylation sites is 2. The van der Waals surface area contributed by atoms with Gasteiger partial charge < -0.3 is 10.0 Å². The van der Waals surface area contributed by atoms with Gasteiger partial charge in [0.15, 0.2) is 17.2 Å². The number of hydrogen-bond donors (Lipinski definition) is 1. The van der Waals surface area contributed by atoms with Crippen LogP contribution in [0.15, 0.2) is 35.3 Å². The zero-order valence-corrected chi connectivity index (χ0v) is 12.3. The van der Waals surface area contributed by atoms with E-state index in [4.69, 9.17) is 0 Å². The van der Waals surface area contributed by atoms with Crippen molar-refractivity contribution in [3.63, 3.8) is 0 Å². The van der Waals surface area contributed by atoms with E-state index in [2.05, 4.69) is 10.00 Å². The fraction of sp³-hybridized carbons (Fsp3) is 0.312. The highest BCUT2D eigenvalue weighted by molar-refractivity contribution is 5.92. The van der Waals surface area contributed by atoms with Gasteiger partial charge in [0.2, 0.25) is 0 Å². The third kappa shape index (κ3) is 2.47. The van der Waals surface area contributed by atoms with Crippen molar-refractivity contribution >= 4 is 11.5 Å². The fourth-order valence-electron chi connectivity index (χ4n) is 2.71. The second-order valence-electron chi connectivity index (χ2n) is 5.38. The minimum Gasteiger partial charge on any atom is -0.503 e. The van der Waals surface area contributed by atoms with E-state index in [-0.39, 0.29) is 5.69 Å². The normalized spacial score (nSPS) is 14.3. The van der Waals surface area contributed by atoms with Crippen molar-refractivity contribution in [1.29, 1.82) is 0 Å². The highest BCUT2D eigenvalue weighted by atomic mass is 16.3. The Morgan fingerprint density at radius 3 is 2.45 bits per heavy atom. The molecule has 2 aromatic rings. The molecule has 6 nitrogen and oxygen atoms in total. The van der Waals surface area contributed by atoms with Crippen molar-refractivity contribution in [3.05, 3.63) is 46.4 Å². The van der Waals surface area contributed by atoms with Crippen LogP contribution >= 0.6 is 0 Å². The number of aromatic hydroxyl groups is 1. The Bertz CT molecular complexity index is 776. The minimum atomic E-state index is -0.734. The Balaban J connectivity index is 2.16. The average molecular weight is 299 g/mol. The largest absolute Gasteiger partial charge is 0.503 e. The van der Waals surface area contributed by atoms with Gasteiger partial charge in [-0.15, -0.1) is 0 Å².